The summed E-state index contributed by atoms with van der Waals surface area (Å²) >= 11 is 9.49. The third kappa shape index (κ3) is 2.09. The molecule has 3 aromatic rings. The number of nitrogen functional groups attached to an aromatic ring is 1. The monoisotopic (exact) mass is 349 g/mol. The summed E-state index contributed by atoms with van der Waals surface area (Å²) in [5.74, 6) is 0.634. The normalized spacial score (nSPS) is 11.2. The number of halogens is 2. The molecule has 0 amide bonds. The molecule has 0 aliphatic rings. The number of rotatable bonds is 1. The Morgan fingerprint density at radius 2 is 1.95 bits per heavy atom. The molecule has 2 aromatic heterocycles. The van der Waals surface area contributed by atoms with E-state index in [4.69, 9.17) is 17.3 Å². The highest BCUT2D eigenvalue weighted by Gasteiger charge is 2.15. The van der Waals surface area contributed by atoms with Crippen LogP contribution in [0, 0.1) is 13.8 Å². The van der Waals surface area contributed by atoms with Gasteiger partial charge < -0.3 is 5.73 Å². The number of benzene rings is 1. The summed E-state index contributed by atoms with van der Waals surface area (Å²) in [5, 5.41) is 0.715. The van der Waals surface area contributed by atoms with Crippen molar-refractivity contribution in [1.82, 2.24) is 9.38 Å². The van der Waals surface area contributed by atoms with Crippen LogP contribution in [0.4, 0.5) is 5.82 Å². The van der Waals surface area contributed by atoms with Crippen LogP contribution in [0.5, 0.6) is 0 Å². The Labute approximate surface area is 130 Å². The molecular weight excluding hydrogens is 338 g/mol. The second-order valence-corrected chi connectivity index (χ2v) is 6.19. The number of anilines is 1. The van der Waals surface area contributed by atoms with E-state index in [0.717, 1.165) is 32.5 Å². The van der Waals surface area contributed by atoms with E-state index in [9.17, 15) is 0 Å². The molecule has 0 unspecified atom stereocenters. The van der Waals surface area contributed by atoms with Crippen LogP contribution in [0.2, 0.25) is 5.02 Å². The molecule has 20 heavy (non-hydrogen) atoms. The number of pyridine rings is 1. The number of hydrogen-bond donors (Lipinski definition) is 1. The molecule has 0 saturated carbocycles. The summed E-state index contributed by atoms with van der Waals surface area (Å²) in [6.45, 7) is 4.03. The maximum absolute atomic E-state index is 6.26. The topological polar surface area (TPSA) is 43.3 Å². The average molecular weight is 351 g/mol. The third-order valence-corrected chi connectivity index (χ3v) is 4.02. The molecule has 2 heterocycles. The lowest BCUT2D eigenvalue weighted by Crippen LogP contribution is -1.95. The second kappa shape index (κ2) is 4.79. The Balaban J connectivity index is 2.32. The number of hydrogen-bond acceptors (Lipinski definition) is 2. The molecule has 1 aromatic carbocycles. The van der Waals surface area contributed by atoms with Crippen molar-refractivity contribution in [3.05, 3.63) is 51.1 Å². The molecule has 3 nitrogen and oxygen atoms in total. The average Bonchev–Trinajstić information content (AvgIpc) is 2.68. The molecule has 2 N–H and O–H groups in total. The quantitative estimate of drug-likeness (QED) is 0.696. The molecule has 0 aliphatic heterocycles. The Kier molecular flexibility index (Phi) is 3.22. The first-order valence-corrected chi connectivity index (χ1v) is 7.34. The molecule has 3 rings (SSSR count). The zero-order valence-corrected chi connectivity index (χ0v) is 13.5. The first kappa shape index (κ1) is 13.5. The van der Waals surface area contributed by atoms with Gasteiger partial charge in [-0.15, -0.1) is 0 Å². The fourth-order valence-corrected chi connectivity index (χ4v) is 3.15. The van der Waals surface area contributed by atoms with Gasteiger partial charge in [0.25, 0.3) is 0 Å². The van der Waals surface area contributed by atoms with Gasteiger partial charge in [-0.05, 0) is 59.1 Å². The van der Waals surface area contributed by atoms with Gasteiger partial charge in [-0.2, -0.15) is 0 Å². The molecule has 5 heteroatoms. The molecule has 0 aliphatic carbocycles. The Morgan fingerprint density at radius 1 is 1.20 bits per heavy atom. The molecule has 0 spiro atoms. The van der Waals surface area contributed by atoms with Gasteiger partial charge in [-0.3, -0.25) is 4.40 Å². The predicted octanol–water partition coefficient (Wildman–Crippen LogP) is 4.62. The number of aryl methyl sites for hydroxylation is 2. The molecule has 0 fully saturated rings. The first-order valence-electron chi connectivity index (χ1n) is 6.17. The number of fused-ring (bicyclic) bond motifs is 1. The second-order valence-electron chi connectivity index (χ2n) is 4.84. The van der Waals surface area contributed by atoms with Crippen LogP contribution >= 0.6 is 27.5 Å². The third-order valence-electron chi connectivity index (χ3n) is 3.35. The van der Waals surface area contributed by atoms with Crippen molar-refractivity contribution in [2.24, 2.45) is 0 Å². The van der Waals surface area contributed by atoms with E-state index in [1.54, 1.807) is 0 Å². The van der Waals surface area contributed by atoms with Crippen LogP contribution in [0.25, 0.3) is 16.9 Å². The molecular formula is C15H13BrClN3. The van der Waals surface area contributed by atoms with Crippen LogP contribution < -0.4 is 5.73 Å². The number of nitrogens with zero attached hydrogens (tertiary/aromatic N) is 2. The number of aromatic nitrogens is 2. The summed E-state index contributed by atoms with van der Waals surface area (Å²) in [4.78, 5) is 4.69. The fraction of sp³-hybridized carbons (Fsp3) is 0.133. The van der Waals surface area contributed by atoms with Crippen LogP contribution in [0.1, 0.15) is 11.1 Å². The summed E-state index contributed by atoms with van der Waals surface area (Å²) in [6.07, 6.45) is 1.93. The Morgan fingerprint density at radius 3 is 2.65 bits per heavy atom. The van der Waals surface area contributed by atoms with E-state index in [0.29, 0.717) is 10.8 Å². The lowest BCUT2D eigenvalue weighted by molar-refractivity contribution is 1.16. The van der Waals surface area contributed by atoms with Crippen molar-refractivity contribution >= 4 is 39.0 Å². The minimum atomic E-state index is 0.634. The van der Waals surface area contributed by atoms with Gasteiger partial charge in [-0.1, -0.05) is 17.7 Å². The maximum Gasteiger partial charge on any atom is 0.142 e. The molecule has 0 radical (unpaired) electrons. The minimum absolute atomic E-state index is 0.634. The zero-order chi connectivity index (χ0) is 14.4. The lowest BCUT2D eigenvalue weighted by Gasteiger charge is -2.04. The van der Waals surface area contributed by atoms with Crippen LogP contribution in [0.15, 0.2) is 34.9 Å². The maximum atomic E-state index is 6.26. The zero-order valence-electron chi connectivity index (χ0n) is 11.1. The van der Waals surface area contributed by atoms with Crippen molar-refractivity contribution < 1.29 is 0 Å². The standard InChI is InChI=1S/C15H13BrClN3/c1-8-6-11(17)3-4-12(8)13-14(18)20-7-10(16)5-9(2)15(20)19-13/h3-7H,18H2,1-2H3. The van der Waals surface area contributed by atoms with E-state index in [2.05, 4.69) is 20.9 Å². The summed E-state index contributed by atoms with van der Waals surface area (Å²) in [5.41, 5.74) is 11.1. The SMILES string of the molecule is Cc1cc(Cl)ccc1-c1nc2c(C)cc(Br)cn2c1N. The van der Waals surface area contributed by atoms with Crippen molar-refractivity contribution in [2.75, 3.05) is 5.73 Å². The van der Waals surface area contributed by atoms with Gasteiger partial charge in [0.15, 0.2) is 0 Å². The molecule has 102 valence electrons. The lowest BCUT2D eigenvalue weighted by atomic mass is 10.1. The van der Waals surface area contributed by atoms with Crippen molar-refractivity contribution in [3.63, 3.8) is 0 Å². The van der Waals surface area contributed by atoms with Gasteiger partial charge in [-0.25, -0.2) is 4.98 Å². The van der Waals surface area contributed by atoms with Crippen LogP contribution in [0.3, 0.4) is 0 Å². The van der Waals surface area contributed by atoms with Crippen molar-refractivity contribution in [1.29, 1.82) is 0 Å². The first-order chi connectivity index (χ1) is 9.47. The molecule has 0 saturated heterocycles. The van der Waals surface area contributed by atoms with E-state index in [1.165, 1.54) is 0 Å². The highest BCUT2D eigenvalue weighted by molar-refractivity contribution is 9.10. The van der Waals surface area contributed by atoms with E-state index in [1.807, 2.05) is 48.7 Å². The predicted molar refractivity (Wildman–Crippen MR) is 87.2 cm³/mol. The van der Waals surface area contributed by atoms with Crippen molar-refractivity contribution in [3.8, 4) is 11.3 Å². The largest absolute Gasteiger partial charge is 0.383 e. The fourth-order valence-electron chi connectivity index (χ4n) is 2.38. The van der Waals surface area contributed by atoms with Gasteiger partial charge >= 0.3 is 0 Å². The summed E-state index contributed by atoms with van der Waals surface area (Å²) < 4.78 is 2.88. The van der Waals surface area contributed by atoms with Crippen molar-refractivity contribution in [2.45, 2.75) is 13.8 Å². The minimum Gasteiger partial charge on any atom is -0.383 e. The van der Waals surface area contributed by atoms with E-state index in [-0.39, 0.29) is 0 Å². The van der Waals surface area contributed by atoms with Gasteiger partial charge in [0.1, 0.15) is 17.2 Å². The highest BCUT2D eigenvalue weighted by atomic mass is 79.9. The smallest absolute Gasteiger partial charge is 0.142 e. The molecule has 0 bridgehead atoms. The van der Waals surface area contributed by atoms with Gasteiger partial charge in [0, 0.05) is 21.3 Å². The Hall–Kier alpha value is -1.52. The summed E-state index contributed by atoms with van der Waals surface area (Å²) in [6, 6.07) is 7.76. The Bertz CT molecular complexity index is 824. The van der Waals surface area contributed by atoms with E-state index >= 15 is 0 Å². The van der Waals surface area contributed by atoms with E-state index < -0.39 is 0 Å². The number of nitrogens with two attached hydrogens (primary N) is 1. The van der Waals surface area contributed by atoms with Gasteiger partial charge in [0.2, 0.25) is 0 Å². The van der Waals surface area contributed by atoms with Crippen LogP contribution in [-0.4, -0.2) is 9.38 Å². The highest BCUT2D eigenvalue weighted by Crippen LogP contribution is 2.32. The molecule has 0 atom stereocenters. The van der Waals surface area contributed by atoms with Gasteiger partial charge in [0.05, 0.1) is 0 Å². The number of imidazole rings is 1. The summed E-state index contributed by atoms with van der Waals surface area (Å²) in [7, 11) is 0. The van der Waals surface area contributed by atoms with Crippen LogP contribution in [-0.2, 0) is 0 Å².